The van der Waals surface area contributed by atoms with E-state index in [4.69, 9.17) is 0 Å². The van der Waals surface area contributed by atoms with Gasteiger partial charge >= 0.3 is 0 Å². The smallest absolute Gasteiger partial charge is 0.211 e. The molecule has 0 radical (unpaired) electrons. The van der Waals surface area contributed by atoms with E-state index in [1.54, 1.807) is 0 Å². The van der Waals surface area contributed by atoms with Crippen molar-refractivity contribution >= 4 is 26.0 Å². The lowest BCUT2D eigenvalue weighted by molar-refractivity contribution is 0.574. The van der Waals surface area contributed by atoms with E-state index >= 15 is 0 Å². The van der Waals surface area contributed by atoms with Crippen molar-refractivity contribution in [3.63, 3.8) is 0 Å². The first kappa shape index (κ1) is 12.5. The molecule has 0 amide bonds. The number of halogens is 1. The Morgan fingerprint density at radius 1 is 1.50 bits per heavy atom. The molecule has 0 aromatic carbocycles. The molecule has 1 rings (SSSR count). The second-order valence-corrected chi connectivity index (χ2v) is 6.98. The quantitative estimate of drug-likeness (QED) is 0.726. The second-order valence-electron chi connectivity index (χ2n) is 3.87. The predicted molar refractivity (Wildman–Crippen MR) is 62.1 cm³/mol. The van der Waals surface area contributed by atoms with E-state index in [2.05, 4.69) is 20.7 Å². The summed E-state index contributed by atoms with van der Waals surface area (Å²) in [5.41, 5.74) is 0. The summed E-state index contributed by atoms with van der Waals surface area (Å²) in [5, 5.41) is 0. The molecule has 0 spiro atoms. The molecular weight excluding hydrogens is 266 g/mol. The molecule has 1 atom stereocenters. The maximum absolute atomic E-state index is 11.4. The van der Waals surface area contributed by atoms with Crippen molar-refractivity contribution in [1.29, 1.82) is 0 Å². The lowest BCUT2D eigenvalue weighted by atomic mass is 10.3. The highest BCUT2D eigenvalue weighted by Crippen LogP contribution is 2.36. The van der Waals surface area contributed by atoms with Gasteiger partial charge in [-0.2, -0.15) is 0 Å². The van der Waals surface area contributed by atoms with Crippen LogP contribution in [0, 0.1) is 5.92 Å². The number of nitrogens with one attached hydrogen (secondary N) is 1. The largest absolute Gasteiger partial charge is 0.214 e. The topological polar surface area (TPSA) is 46.2 Å². The van der Waals surface area contributed by atoms with E-state index in [1.807, 2.05) is 6.92 Å². The summed E-state index contributed by atoms with van der Waals surface area (Å²) in [4.78, 5) is 0.318. The van der Waals surface area contributed by atoms with E-state index in [9.17, 15) is 8.42 Å². The van der Waals surface area contributed by atoms with Gasteiger partial charge in [0.1, 0.15) is 0 Å². The van der Waals surface area contributed by atoms with E-state index in [1.165, 1.54) is 12.8 Å². The maximum atomic E-state index is 11.4. The first-order valence-electron chi connectivity index (χ1n) is 5.16. The van der Waals surface area contributed by atoms with Crippen LogP contribution in [0.4, 0.5) is 0 Å². The van der Waals surface area contributed by atoms with Gasteiger partial charge in [0.2, 0.25) is 10.0 Å². The normalized spacial score (nSPS) is 19.6. The Morgan fingerprint density at radius 3 is 2.64 bits per heavy atom. The standard InChI is InChI=1S/C9H18BrNO2S/c1-2-3-6-14(12,13)11-7-9(10)8-4-5-8/h8-9,11H,2-7H2,1H3. The van der Waals surface area contributed by atoms with Crippen molar-refractivity contribution in [3.05, 3.63) is 0 Å². The molecule has 0 aromatic rings. The van der Waals surface area contributed by atoms with Crippen molar-refractivity contribution < 1.29 is 8.42 Å². The van der Waals surface area contributed by atoms with Crippen molar-refractivity contribution in [2.75, 3.05) is 12.3 Å². The molecule has 1 saturated carbocycles. The number of unbranched alkanes of at least 4 members (excludes halogenated alkanes) is 1. The highest BCUT2D eigenvalue weighted by molar-refractivity contribution is 9.09. The number of rotatable bonds is 7. The van der Waals surface area contributed by atoms with Gasteiger partial charge in [0.25, 0.3) is 0 Å². The molecule has 1 aliphatic rings. The molecule has 1 aliphatic carbocycles. The fourth-order valence-corrected chi connectivity index (χ4v) is 3.39. The van der Waals surface area contributed by atoms with Gasteiger partial charge in [-0.1, -0.05) is 29.3 Å². The van der Waals surface area contributed by atoms with Gasteiger partial charge in [-0.15, -0.1) is 0 Å². The Kier molecular flexibility index (Phi) is 4.87. The average Bonchev–Trinajstić information content (AvgIpc) is 2.94. The van der Waals surface area contributed by atoms with Crippen molar-refractivity contribution in [3.8, 4) is 0 Å². The van der Waals surface area contributed by atoms with Crippen LogP contribution in [0.15, 0.2) is 0 Å². The lowest BCUT2D eigenvalue weighted by Gasteiger charge is -2.10. The monoisotopic (exact) mass is 283 g/mol. The molecule has 0 saturated heterocycles. The Labute approximate surface area is 94.8 Å². The summed E-state index contributed by atoms with van der Waals surface area (Å²) in [7, 11) is -3.02. The van der Waals surface area contributed by atoms with Crippen LogP contribution >= 0.6 is 15.9 Å². The molecule has 0 bridgehead atoms. The first-order valence-corrected chi connectivity index (χ1v) is 7.73. The maximum Gasteiger partial charge on any atom is 0.211 e. The summed E-state index contributed by atoms with van der Waals surface area (Å²) in [6.45, 7) is 2.53. The summed E-state index contributed by atoms with van der Waals surface area (Å²) in [5.74, 6) is 0.942. The molecule has 84 valence electrons. The van der Waals surface area contributed by atoms with Crippen LogP contribution in [0.3, 0.4) is 0 Å². The van der Waals surface area contributed by atoms with Gasteiger partial charge in [-0.25, -0.2) is 13.1 Å². The van der Waals surface area contributed by atoms with Gasteiger partial charge in [0.05, 0.1) is 5.75 Å². The van der Waals surface area contributed by atoms with Gasteiger partial charge in [0.15, 0.2) is 0 Å². The van der Waals surface area contributed by atoms with Crippen LogP contribution in [0.25, 0.3) is 0 Å². The van der Waals surface area contributed by atoms with Gasteiger partial charge < -0.3 is 0 Å². The SMILES string of the molecule is CCCCS(=O)(=O)NCC(Br)C1CC1. The molecule has 0 heterocycles. The summed E-state index contributed by atoms with van der Waals surface area (Å²) in [6.07, 6.45) is 4.12. The zero-order valence-electron chi connectivity index (χ0n) is 8.50. The van der Waals surface area contributed by atoms with E-state index in [0.717, 1.165) is 12.8 Å². The Morgan fingerprint density at radius 2 is 2.14 bits per heavy atom. The van der Waals surface area contributed by atoms with Crippen molar-refractivity contribution in [1.82, 2.24) is 4.72 Å². The van der Waals surface area contributed by atoms with E-state index < -0.39 is 10.0 Å². The zero-order valence-corrected chi connectivity index (χ0v) is 10.9. The van der Waals surface area contributed by atoms with Crippen molar-refractivity contribution in [2.24, 2.45) is 5.92 Å². The van der Waals surface area contributed by atoms with Crippen LogP contribution in [-0.2, 0) is 10.0 Å². The average molecular weight is 284 g/mol. The lowest BCUT2D eigenvalue weighted by Crippen LogP contribution is -2.32. The molecule has 1 N–H and O–H groups in total. The Balaban J connectivity index is 2.20. The minimum absolute atomic E-state index is 0.258. The summed E-state index contributed by atoms with van der Waals surface area (Å²) in [6, 6.07) is 0. The molecule has 3 nitrogen and oxygen atoms in total. The molecule has 0 aliphatic heterocycles. The fraction of sp³-hybridized carbons (Fsp3) is 1.00. The third-order valence-corrected chi connectivity index (χ3v) is 4.90. The number of alkyl halides is 1. The summed E-state index contributed by atoms with van der Waals surface area (Å²) >= 11 is 3.50. The van der Waals surface area contributed by atoms with Crippen LogP contribution in [-0.4, -0.2) is 25.5 Å². The van der Waals surface area contributed by atoms with Crippen LogP contribution in [0.2, 0.25) is 0 Å². The van der Waals surface area contributed by atoms with Crippen molar-refractivity contribution in [2.45, 2.75) is 37.4 Å². The van der Waals surface area contributed by atoms with Crippen LogP contribution in [0.1, 0.15) is 32.6 Å². The molecule has 5 heteroatoms. The zero-order chi connectivity index (χ0) is 10.6. The fourth-order valence-electron chi connectivity index (χ4n) is 1.24. The molecule has 14 heavy (non-hydrogen) atoms. The number of sulfonamides is 1. The highest BCUT2D eigenvalue weighted by Gasteiger charge is 2.29. The van der Waals surface area contributed by atoms with Crippen LogP contribution in [0.5, 0.6) is 0 Å². The number of hydrogen-bond donors (Lipinski definition) is 1. The second kappa shape index (κ2) is 5.47. The molecule has 0 aromatic heterocycles. The van der Waals surface area contributed by atoms with Gasteiger partial charge in [-0.3, -0.25) is 0 Å². The Hall–Kier alpha value is 0.390. The first-order chi connectivity index (χ1) is 6.55. The van der Waals surface area contributed by atoms with Gasteiger partial charge in [0, 0.05) is 11.4 Å². The van der Waals surface area contributed by atoms with Crippen LogP contribution < -0.4 is 4.72 Å². The third-order valence-electron chi connectivity index (χ3n) is 2.40. The third kappa shape index (κ3) is 4.75. The summed E-state index contributed by atoms with van der Waals surface area (Å²) < 4.78 is 25.5. The highest BCUT2D eigenvalue weighted by atomic mass is 79.9. The number of hydrogen-bond acceptors (Lipinski definition) is 2. The van der Waals surface area contributed by atoms with Gasteiger partial charge in [-0.05, 0) is 25.2 Å². The Bertz CT molecular complexity index is 262. The van der Waals surface area contributed by atoms with E-state index in [0.29, 0.717) is 17.3 Å². The minimum atomic E-state index is -3.02. The van der Waals surface area contributed by atoms with E-state index in [-0.39, 0.29) is 5.75 Å². The molecule has 1 unspecified atom stereocenters. The molecule has 1 fully saturated rings. The minimum Gasteiger partial charge on any atom is -0.214 e. The molecular formula is C9H18BrNO2S. The predicted octanol–water partition coefficient (Wildman–Crippen LogP) is 1.88.